The smallest absolute Gasteiger partial charge is 0.255 e. The molecule has 3 N–H and O–H groups in total. The lowest BCUT2D eigenvalue weighted by atomic mass is 9.99. The maximum absolute atomic E-state index is 12.5. The SMILES string of the molecule is Cc1nc(-c2cccnc2)[nH]c(=O)c1Cc1nc(C2(N)CCCC2)no1. The van der Waals surface area contributed by atoms with Crippen molar-refractivity contribution in [2.45, 2.75) is 44.6 Å². The molecule has 3 heterocycles. The van der Waals surface area contributed by atoms with E-state index in [1.807, 2.05) is 6.07 Å². The molecule has 1 aliphatic carbocycles. The molecule has 0 amide bonds. The second kappa shape index (κ2) is 6.45. The predicted molar refractivity (Wildman–Crippen MR) is 94.3 cm³/mol. The fourth-order valence-corrected chi connectivity index (χ4v) is 3.37. The van der Waals surface area contributed by atoms with Crippen molar-refractivity contribution in [2.75, 3.05) is 0 Å². The molecule has 0 bridgehead atoms. The van der Waals surface area contributed by atoms with Crippen molar-refractivity contribution in [3.8, 4) is 11.4 Å². The minimum absolute atomic E-state index is 0.223. The molecule has 4 rings (SSSR count). The highest BCUT2D eigenvalue weighted by Gasteiger charge is 2.36. The molecule has 1 saturated carbocycles. The van der Waals surface area contributed by atoms with Crippen LogP contribution in [0.15, 0.2) is 33.8 Å². The quantitative estimate of drug-likeness (QED) is 0.734. The van der Waals surface area contributed by atoms with Crippen molar-refractivity contribution in [3.63, 3.8) is 0 Å². The van der Waals surface area contributed by atoms with Crippen LogP contribution >= 0.6 is 0 Å². The van der Waals surface area contributed by atoms with Gasteiger partial charge in [0.1, 0.15) is 5.82 Å². The van der Waals surface area contributed by atoms with Crippen molar-refractivity contribution in [1.82, 2.24) is 25.1 Å². The number of nitrogens with two attached hydrogens (primary N) is 1. The molecule has 1 aliphatic rings. The van der Waals surface area contributed by atoms with Gasteiger partial charge in [-0.2, -0.15) is 4.98 Å². The molecule has 8 nitrogen and oxygen atoms in total. The topological polar surface area (TPSA) is 124 Å². The van der Waals surface area contributed by atoms with Gasteiger partial charge >= 0.3 is 0 Å². The minimum Gasteiger partial charge on any atom is -0.339 e. The van der Waals surface area contributed by atoms with Gasteiger partial charge in [-0.3, -0.25) is 9.78 Å². The molecule has 3 aromatic heterocycles. The summed E-state index contributed by atoms with van der Waals surface area (Å²) in [5.74, 6) is 1.39. The van der Waals surface area contributed by atoms with E-state index in [4.69, 9.17) is 10.3 Å². The lowest BCUT2D eigenvalue weighted by Gasteiger charge is -2.17. The first-order valence-corrected chi connectivity index (χ1v) is 8.67. The van der Waals surface area contributed by atoms with Gasteiger partial charge in [0, 0.05) is 29.2 Å². The van der Waals surface area contributed by atoms with Crippen LogP contribution in [0.5, 0.6) is 0 Å². The van der Waals surface area contributed by atoms with Gasteiger partial charge in [-0.05, 0) is 31.9 Å². The zero-order valence-electron chi connectivity index (χ0n) is 14.5. The molecule has 0 spiro atoms. The Kier molecular flexibility index (Phi) is 4.12. The summed E-state index contributed by atoms with van der Waals surface area (Å²) in [7, 11) is 0. The monoisotopic (exact) mass is 352 g/mol. The second-order valence-corrected chi connectivity index (χ2v) is 6.77. The molecule has 0 radical (unpaired) electrons. The maximum atomic E-state index is 12.5. The van der Waals surface area contributed by atoms with E-state index in [1.165, 1.54) is 0 Å². The van der Waals surface area contributed by atoms with Crippen LogP contribution in [0.4, 0.5) is 0 Å². The van der Waals surface area contributed by atoms with Crippen LogP contribution in [0.25, 0.3) is 11.4 Å². The zero-order valence-corrected chi connectivity index (χ0v) is 14.5. The molecule has 0 atom stereocenters. The Balaban J connectivity index is 1.61. The van der Waals surface area contributed by atoms with Gasteiger partial charge < -0.3 is 15.2 Å². The Labute approximate surface area is 149 Å². The van der Waals surface area contributed by atoms with Crippen molar-refractivity contribution >= 4 is 0 Å². The van der Waals surface area contributed by atoms with E-state index >= 15 is 0 Å². The standard InChI is InChI=1S/C18H20N6O2/c1-11-13(16(25)23-15(21-11)12-5-4-8-20-10-12)9-14-22-17(24-26-14)18(19)6-2-3-7-18/h4-5,8,10H,2-3,6-7,9,19H2,1H3,(H,21,23,25). The van der Waals surface area contributed by atoms with Gasteiger partial charge in [0.05, 0.1) is 12.0 Å². The van der Waals surface area contributed by atoms with E-state index in [9.17, 15) is 4.79 Å². The molecule has 1 fully saturated rings. The summed E-state index contributed by atoms with van der Waals surface area (Å²) in [5, 5.41) is 4.04. The molecular weight excluding hydrogens is 332 g/mol. The highest BCUT2D eigenvalue weighted by atomic mass is 16.5. The van der Waals surface area contributed by atoms with Crippen LogP contribution in [0, 0.1) is 6.92 Å². The molecule has 26 heavy (non-hydrogen) atoms. The lowest BCUT2D eigenvalue weighted by molar-refractivity contribution is 0.352. The highest BCUT2D eigenvalue weighted by Crippen LogP contribution is 2.34. The van der Waals surface area contributed by atoms with E-state index < -0.39 is 5.54 Å². The summed E-state index contributed by atoms with van der Waals surface area (Å²) in [5.41, 5.74) is 7.51. The number of nitrogens with one attached hydrogen (secondary N) is 1. The van der Waals surface area contributed by atoms with Crippen molar-refractivity contribution in [1.29, 1.82) is 0 Å². The van der Waals surface area contributed by atoms with Gasteiger partial charge in [0.15, 0.2) is 5.82 Å². The van der Waals surface area contributed by atoms with E-state index in [0.29, 0.717) is 28.8 Å². The van der Waals surface area contributed by atoms with Crippen LogP contribution in [-0.4, -0.2) is 25.1 Å². The van der Waals surface area contributed by atoms with Crippen LogP contribution in [0.1, 0.15) is 48.7 Å². The number of aromatic nitrogens is 5. The minimum atomic E-state index is -0.508. The zero-order chi connectivity index (χ0) is 18.1. The summed E-state index contributed by atoms with van der Waals surface area (Å²) >= 11 is 0. The summed E-state index contributed by atoms with van der Waals surface area (Å²) in [6, 6.07) is 3.64. The molecular formula is C18H20N6O2. The fraction of sp³-hybridized carbons (Fsp3) is 0.389. The average Bonchev–Trinajstić information content (AvgIpc) is 3.29. The van der Waals surface area contributed by atoms with Gasteiger partial charge in [-0.15, -0.1) is 0 Å². The van der Waals surface area contributed by atoms with Crippen molar-refractivity contribution in [3.05, 3.63) is 57.9 Å². The summed E-state index contributed by atoms with van der Waals surface area (Å²) in [6.45, 7) is 1.79. The van der Waals surface area contributed by atoms with Crippen molar-refractivity contribution in [2.24, 2.45) is 5.73 Å². The molecule has 0 unspecified atom stereocenters. The van der Waals surface area contributed by atoms with E-state index in [0.717, 1.165) is 31.2 Å². The summed E-state index contributed by atoms with van der Waals surface area (Å²) in [4.78, 5) is 28.3. The Hall–Kier alpha value is -2.87. The van der Waals surface area contributed by atoms with Crippen LogP contribution in [-0.2, 0) is 12.0 Å². The third-order valence-electron chi connectivity index (χ3n) is 4.89. The number of rotatable bonds is 4. The number of nitrogens with zero attached hydrogens (tertiary/aromatic N) is 4. The first-order chi connectivity index (χ1) is 12.5. The van der Waals surface area contributed by atoms with Gasteiger partial charge in [-0.1, -0.05) is 18.0 Å². The average molecular weight is 352 g/mol. The third kappa shape index (κ3) is 3.03. The molecule has 0 aromatic carbocycles. The molecule has 0 saturated heterocycles. The van der Waals surface area contributed by atoms with Gasteiger partial charge in [0.25, 0.3) is 5.56 Å². The summed E-state index contributed by atoms with van der Waals surface area (Å²) in [6.07, 6.45) is 7.40. The second-order valence-electron chi connectivity index (χ2n) is 6.77. The number of hydrogen-bond donors (Lipinski definition) is 2. The molecule has 134 valence electrons. The Morgan fingerprint density at radius 3 is 2.81 bits per heavy atom. The number of H-pyrrole nitrogens is 1. The predicted octanol–water partition coefficient (Wildman–Crippen LogP) is 1.84. The van der Waals surface area contributed by atoms with Crippen LogP contribution in [0.2, 0.25) is 0 Å². The number of aromatic amines is 1. The lowest BCUT2D eigenvalue weighted by Crippen LogP contribution is -2.34. The highest BCUT2D eigenvalue weighted by molar-refractivity contribution is 5.53. The van der Waals surface area contributed by atoms with Crippen LogP contribution in [0.3, 0.4) is 0 Å². The van der Waals surface area contributed by atoms with Crippen LogP contribution < -0.4 is 11.3 Å². The Morgan fingerprint density at radius 1 is 1.31 bits per heavy atom. The Morgan fingerprint density at radius 2 is 2.12 bits per heavy atom. The van der Waals surface area contributed by atoms with Gasteiger partial charge in [-0.25, -0.2) is 4.98 Å². The molecule has 3 aromatic rings. The fourth-order valence-electron chi connectivity index (χ4n) is 3.37. The number of aryl methyl sites for hydroxylation is 1. The van der Waals surface area contributed by atoms with Crippen molar-refractivity contribution < 1.29 is 4.52 Å². The molecule has 0 aliphatic heterocycles. The Bertz CT molecular complexity index is 973. The third-order valence-corrected chi connectivity index (χ3v) is 4.89. The molecule has 8 heteroatoms. The number of hydrogen-bond acceptors (Lipinski definition) is 7. The largest absolute Gasteiger partial charge is 0.339 e. The van der Waals surface area contributed by atoms with Gasteiger partial charge in [0.2, 0.25) is 5.89 Å². The first-order valence-electron chi connectivity index (χ1n) is 8.67. The normalized spacial score (nSPS) is 16.1. The maximum Gasteiger partial charge on any atom is 0.255 e. The summed E-state index contributed by atoms with van der Waals surface area (Å²) < 4.78 is 5.34. The van der Waals surface area contributed by atoms with E-state index in [1.54, 1.807) is 25.4 Å². The number of pyridine rings is 1. The van der Waals surface area contributed by atoms with E-state index in [2.05, 4.69) is 25.1 Å². The first kappa shape index (κ1) is 16.6. The van der Waals surface area contributed by atoms with E-state index in [-0.39, 0.29) is 12.0 Å².